The molecule has 1 aromatic rings. The van der Waals surface area contributed by atoms with Crippen molar-refractivity contribution in [1.29, 1.82) is 0 Å². The lowest BCUT2D eigenvalue weighted by molar-refractivity contribution is 0.0953. The number of hydrogen-bond donors (Lipinski definition) is 2. The van der Waals surface area contributed by atoms with Crippen LogP contribution in [0.5, 0.6) is 0 Å². The first kappa shape index (κ1) is 13.1. The zero-order valence-corrected chi connectivity index (χ0v) is 10.7. The van der Waals surface area contributed by atoms with Crippen LogP contribution in [0.1, 0.15) is 40.1 Å². The summed E-state index contributed by atoms with van der Waals surface area (Å²) in [6, 6.07) is 0. The number of carbonyl (C=O) groups excluding carboxylic acids is 1. The van der Waals surface area contributed by atoms with Crippen molar-refractivity contribution in [2.45, 2.75) is 39.7 Å². The van der Waals surface area contributed by atoms with E-state index >= 15 is 0 Å². The van der Waals surface area contributed by atoms with Crippen LogP contribution in [0, 0.1) is 13.8 Å². The van der Waals surface area contributed by atoms with E-state index in [0.29, 0.717) is 17.8 Å². The Balaban J connectivity index is 2.38. The lowest BCUT2D eigenvalue weighted by Gasteiger charge is -2.05. The molecule has 2 N–H and O–H groups in total. The Morgan fingerprint density at radius 3 is 2.75 bits per heavy atom. The fourth-order valence-corrected chi connectivity index (χ4v) is 2.26. The van der Waals surface area contributed by atoms with Crippen molar-refractivity contribution in [2.24, 2.45) is 0 Å². The SMILES string of the molecule is Cc1nc(C)c(C(=O)NCCCC(C)O)s1. The van der Waals surface area contributed by atoms with Crippen LogP contribution >= 0.6 is 11.3 Å². The maximum Gasteiger partial charge on any atom is 0.263 e. The highest BCUT2D eigenvalue weighted by Gasteiger charge is 2.12. The van der Waals surface area contributed by atoms with Gasteiger partial charge in [-0.15, -0.1) is 11.3 Å². The summed E-state index contributed by atoms with van der Waals surface area (Å²) < 4.78 is 0. The molecule has 0 aliphatic carbocycles. The molecule has 0 aromatic carbocycles. The highest BCUT2D eigenvalue weighted by Crippen LogP contribution is 2.16. The van der Waals surface area contributed by atoms with Gasteiger partial charge in [-0.2, -0.15) is 0 Å². The lowest BCUT2D eigenvalue weighted by Crippen LogP contribution is -2.24. The van der Waals surface area contributed by atoms with Gasteiger partial charge in [-0.05, 0) is 33.6 Å². The summed E-state index contributed by atoms with van der Waals surface area (Å²) in [4.78, 5) is 16.6. The molecule has 0 fully saturated rings. The standard InChI is InChI=1S/C11H18N2O2S/c1-7(14)5-4-6-12-11(15)10-8(2)13-9(3)16-10/h7,14H,4-6H2,1-3H3,(H,12,15). The summed E-state index contributed by atoms with van der Waals surface area (Å²) in [6.07, 6.45) is 1.20. The second kappa shape index (κ2) is 5.96. The van der Waals surface area contributed by atoms with E-state index < -0.39 is 0 Å². The molecule has 1 aromatic heterocycles. The molecule has 1 unspecified atom stereocenters. The Morgan fingerprint density at radius 1 is 1.56 bits per heavy atom. The molecular weight excluding hydrogens is 224 g/mol. The minimum Gasteiger partial charge on any atom is -0.393 e. The van der Waals surface area contributed by atoms with Crippen LogP contribution in [0.2, 0.25) is 0 Å². The van der Waals surface area contributed by atoms with Gasteiger partial charge in [-0.25, -0.2) is 4.98 Å². The van der Waals surface area contributed by atoms with Gasteiger partial charge in [0.05, 0.1) is 16.8 Å². The van der Waals surface area contributed by atoms with Gasteiger partial charge in [0.25, 0.3) is 5.91 Å². The van der Waals surface area contributed by atoms with E-state index in [-0.39, 0.29) is 12.0 Å². The molecule has 0 saturated heterocycles. The van der Waals surface area contributed by atoms with Crippen molar-refractivity contribution in [2.75, 3.05) is 6.54 Å². The number of nitrogens with one attached hydrogen (secondary N) is 1. The maximum atomic E-state index is 11.7. The van der Waals surface area contributed by atoms with Crippen molar-refractivity contribution in [3.05, 3.63) is 15.6 Å². The number of aliphatic hydroxyl groups excluding tert-OH is 1. The van der Waals surface area contributed by atoms with Crippen LogP contribution in [-0.2, 0) is 0 Å². The molecule has 1 heterocycles. The third-order valence-electron chi connectivity index (χ3n) is 2.19. The molecule has 0 aliphatic rings. The normalized spacial score (nSPS) is 12.5. The molecule has 0 spiro atoms. The van der Waals surface area contributed by atoms with Crippen LogP contribution in [-0.4, -0.2) is 28.6 Å². The number of aromatic nitrogens is 1. The van der Waals surface area contributed by atoms with E-state index in [1.54, 1.807) is 6.92 Å². The first-order chi connectivity index (χ1) is 7.50. The van der Waals surface area contributed by atoms with E-state index in [1.165, 1.54) is 11.3 Å². The minimum absolute atomic E-state index is 0.0614. The summed E-state index contributed by atoms with van der Waals surface area (Å²) >= 11 is 1.41. The van der Waals surface area contributed by atoms with Crippen LogP contribution < -0.4 is 5.32 Å². The smallest absolute Gasteiger partial charge is 0.263 e. The predicted octanol–water partition coefficient (Wildman–Crippen LogP) is 1.65. The van der Waals surface area contributed by atoms with Crippen molar-refractivity contribution >= 4 is 17.2 Å². The number of aryl methyl sites for hydroxylation is 2. The van der Waals surface area contributed by atoms with Crippen molar-refractivity contribution in [3.8, 4) is 0 Å². The highest BCUT2D eigenvalue weighted by atomic mass is 32.1. The maximum absolute atomic E-state index is 11.7. The zero-order valence-electron chi connectivity index (χ0n) is 9.91. The van der Waals surface area contributed by atoms with E-state index in [9.17, 15) is 4.79 Å². The van der Waals surface area contributed by atoms with E-state index in [0.717, 1.165) is 17.1 Å². The molecule has 0 bridgehead atoms. The quantitative estimate of drug-likeness (QED) is 0.772. The van der Waals surface area contributed by atoms with Crippen LogP contribution in [0.3, 0.4) is 0 Å². The van der Waals surface area contributed by atoms with Gasteiger partial charge in [0.15, 0.2) is 0 Å². The summed E-state index contributed by atoms with van der Waals surface area (Å²) in [5.74, 6) is -0.0614. The monoisotopic (exact) mass is 242 g/mol. The summed E-state index contributed by atoms with van der Waals surface area (Å²) in [7, 11) is 0. The molecule has 0 aliphatic heterocycles. The van der Waals surface area contributed by atoms with E-state index in [1.807, 2.05) is 13.8 Å². The Kier molecular flexibility index (Phi) is 4.89. The topological polar surface area (TPSA) is 62.2 Å². The molecule has 5 heteroatoms. The fourth-order valence-electron chi connectivity index (χ4n) is 1.42. The molecule has 0 saturated carbocycles. The van der Waals surface area contributed by atoms with Gasteiger partial charge in [-0.1, -0.05) is 0 Å². The van der Waals surface area contributed by atoms with Gasteiger partial charge in [0, 0.05) is 6.54 Å². The summed E-state index contributed by atoms with van der Waals surface area (Å²) in [5.41, 5.74) is 0.788. The van der Waals surface area contributed by atoms with Gasteiger partial charge >= 0.3 is 0 Å². The number of aliphatic hydroxyl groups is 1. The summed E-state index contributed by atoms with van der Waals surface area (Å²) in [5, 5.41) is 12.8. The highest BCUT2D eigenvalue weighted by molar-refractivity contribution is 7.13. The number of amides is 1. The molecule has 1 rings (SSSR count). The average Bonchev–Trinajstić information content (AvgIpc) is 2.52. The molecule has 1 atom stereocenters. The Morgan fingerprint density at radius 2 is 2.25 bits per heavy atom. The fraction of sp³-hybridized carbons (Fsp3) is 0.636. The third kappa shape index (κ3) is 3.90. The van der Waals surface area contributed by atoms with Gasteiger partial charge in [0.2, 0.25) is 0 Å². The number of thiazole rings is 1. The van der Waals surface area contributed by atoms with E-state index in [4.69, 9.17) is 5.11 Å². The van der Waals surface area contributed by atoms with Crippen LogP contribution in [0.15, 0.2) is 0 Å². The largest absolute Gasteiger partial charge is 0.393 e. The van der Waals surface area contributed by atoms with Gasteiger partial charge in [-0.3, -0.25) is 4.79 Å². The molecular formula is C11H18N2O2S. The van der Waals surface area contributed by atoms with Gasteiger partial charge in [0.1, 0.15) is 4.88 Å². The number of hydrogen-bond acceptors (Lipinski definition) is 4. The molecule has 4 nitrogen and oxygen atoms in total. The second-order valence-corrected chi connectivity index (χ2v) is 5.10. The first-order valence-corrected chi connectivity index (χ1v) is 6.22. The third-order valence-corrected chi connectivity index (χ3v) is 3.27. The molecule has 0 radical (unpaired) electrons. The lowest BCUT2D eigenvalue weighted by atomic mass is 10.2. The van der Waals surface area contributed by atoms with Crippen LogP contribution in [0.4, 0.5) is 0 Å². The van der Waals surface area contributed by atoms with E-state index in [2.05, 4.69) is 10.3 Å². The number of carbonyl (C=O) groups is 1. The van der Waals surface area contributed by atoms with Crippen molar-refractivity contribution in [1.82, 2.24) is 10.3 Å². The first-order valence-electron chi connectivity index (χ1n) is 5.41. The Bertz CT molecular complexity index is 361. The second-order valence-electron chi connectivity index (χ2n) is 3.89. The summed E-state index contributed by atoms with van der Waals surface area (Å²) in [6.45, 7) is 6.08. The minimum atomic E-state index is -0.302. The average molecular weight is 242 g/mol. The zero-order chi connectivity index (χ0) is 12.1. The molecule has 1 amide bonds. The van der Waals surface area contributed by atoms with Crippen molar-refractivity contribution < 1.29 is 9.90 Å². The van der Waals surface area contributed by atoms with Gasteiger partial charge < -0.3 is 10.4 Å². The van der Waals surface area contributed by atoms with Crippen molar-refractivity contribution in [3.63, 3.8) is 0 Å². The Labute approximate surface area is 99.7 Å². The predicted molar refractivity (Wildman–Crippen MR) is 64.8 cm³/mol. The molecule has 16 heavy (non-hydrogen) atoms. The Hall–Kier alpha value is -0.940. The number of rotatable bonds is 5. The van der Waals surface area contributed by atoms with Crippen LogP contribution in [0.25, 0.3) is 0 Å². The number of nitrogens with zero attached hydrogens (tertiary/aromatic N) is 1. The molecule has 90 valence electrons.